The first-order valence-corrected chi connectivity index (χ1v) is 7.15. The van der Waals surface area contributed by atoms with Gasteiger partial charge in [0.25, 0.3) is 0 Å². The summed E-state index contributed by atoms with van der Waals surface area (Å²) in [7, 11) is 0. The van der Waals surface area contributed by atoms with Gasteiger partial charge in [0, 0.05) is 17.5 Å². The highest BCUT2D eigenvalue weighted by Gasteiger charge is 2.13. The third kappa shape index (κ3) is 4.74. The van der Waals surface area contributed by atoms with Crippen LogP contribution in [0.4, 0.5) is 0 Å². The lowest BCUT2D eigenvalue weighted by molar-refractivity contribution is -0.120. The highest BCUT2D eigenvalue weighted by atomic mass is 32.1. The maximum atomic E-state index is 11.6. The first-order chi connectivity index (χ1) is 8.40. The minimum Gasteiger partial charge on any atom is -0.355 e. The Morgan fingerprint density at radius 2 is 2.00 bits per heavy atom. The number of aryl methyl sites for hydroxylation is 2. The van der Waals surface area contributed by atoms with Crippen LogP contribution in [0.5, 0.6) is 0 Å². The Labute approximate surface area is 113 Å². The molecule has 0 saturated heterocycles. The van der Waals surface area contributed by atoms with E-state index in [1.807, 2.05) is 13.8 Å². The summed E-state index contributed by atoms with van der Waals surface area (Å²) in [6.07, 6.45) is 0. The number of hydrogen-bond donors (Lipinski definition) is 2. The van der Waals surface area contributed by atoms with E-state index in [0.29, 0.717) is 12.5 Å². The van der Waals surface area contributed by atoms with Crippen LogP contribution >= 0.6 is 11.3 Å². The van der Waals surface area contributed by atoms with Crippen LogP contribution < -0.4 is 10.6 Å². The minimum atomic E-state index is 0.0504. The van der Waals surface area contributed by atoms with Crippen LogP contribution in [-0.4, -0.2) is 24.0 Å². The lowest BCUT2D eigenvalue weighted by Crippen LogP contribution is -2.36. The van der Waals surface area contributed by atoms with Crippen LogP contribution in [0.15, 0.2) is 0 Å². The first kappa shape index (κ1) is 15.1. The monoisotopic (exact) mass is 269 g/mol. The topological polar surface area (TPSA) is 54.0 Å². The summed E-state index contributed by atoms with van der Waals surface area (Å²) >= 11 is 1.69. The Kier molecular flexibility index (Phi) is 5.75. The summed E-state index contributed by atoms with van der Waals surface area (Å²) in [6.45, 7) is 11.3. The summed E-state index contributed by atoms with van der Waals surface area (Å²) in [5, 5.41) is 7.20. The van der Waals surface area contributed by atoms with Gasteiger partial charge in [-0.15, -0.1) is 11.3 Å². The van der Waals surface area contributed by atoms with Crippen molar-refractivity contribution in [1.82, 2.24) is 15.6 Å². The average Bonchev–Trinajstić information content (AvgIpc) is 2.62. The number of nitrogens with zero attached hydrogens (tertiary/aromatic N) is 1. The van der Waals surface area contributed by atoms with Gasteiger partial charge < -0.3 is 10.6 Å². The van der Waals surface area contributed by atoms with Crippen molar-refractivity contribution in [3.8, 4) is 0 Å². The van der Waals surface area contributed by atoms with E-state index in [1.165, 1.54) is 4.88 Å². The molecule has 1 rings (SSSR count). The standard InChI is InChI=1S/C13H23N3OS/c1-8(2)6-15-12(17)7-14-9(3)13-10(4)16-11(5)18-13/h8-9,14H,6-7H2,1-5H3,(H,15,17). The van der Waals surface area contributed by atoms with Crippen molar-refractivity contribution in [2.75, 3.05) is 13.1 Å². The molecule has 1 atom stereocenters. The Morgan fingerprint density at radius 1 is 1.33 bits per heavy atom. The number of thiazole rings is 1. The van der Waals surface area contributed by atoms with Crippen molar-refractivity contribution in [2.45, 2.75) is 40.7 Å². The fourth-order valence-corrected chi connectivity index (χ4v) is 2.62. The van der Waals surface area contributed by atoms with Gasteiger partial charge in [-0.3, -0.25) is 4.79 Å². The lowest BCUT2D eigenvalue weighted by atomic mass is 10.2. The Bertz CT molecular complexity index is 401. The molecule has 0 radical (unpaired) electrons. The van der Waals surface area contributed by atoms with Gasteiger partial charge in [0.2, 0.25) is 5.91 Å². The molecule has 0 spiro atoms. The van der Waals surface area contributed by atoms with Gasteiger partial charge in [-0.1, -0.05) is 13.8 Å². The van der Waals surface area contributed by atoms with Crippen molar-refractivity contribution in [3.05, 3.63) is 15.6 Å². The Balaban J connectivity index is 2.39. The number of carbonyl (C=O) groups is 1. The predicted octanol–water partition coefficient (Wildman–Crippen LogP) is 2.18. The molecule has 102 valence electrons. The molecule has 5 heteroatoms. The maximum absolute atomic E-state index is 11.6. The minimum absolute atomic E-state index is 0.0504. The molecule has 0 fully saturated rings. The lowest BCUT2D eigenvalue weighted by Gasteiger charge is -2.13. The normalized spacial score (nSPS) is 12.8. The van der Waals surface area contributed by atoms with Crippen LogP contribution in [0.2, 0.25) is 0 Å². The third-order valence-corrected chi connectivity index (χ3v) is 3.86. The number of rotatable bonds is 6. The van der Waals surface area contributed by atoms with Gasteiger partial charge in [0.05, 0.1) is 17.2 Å². The molecule has 0 aliphatic carbocycles. The molecule has 2 N–H and O–H groups in total. The number of carbonyl (C=O) groups excluding carboxylic acids is 1. The summed E-state index contributed by atoms with van der Waals surface area (Å²) in [5.41, 5.74) is 1.06. The molecular weight excluding hydrogens is 246 g/mol. The number of nitrogens with one attached hydrogen (secondary N) is 2. The van der Waals surface area contributed by atoms with Crippen molar-refractivity contribution >= 4 is 17.2 Å². The largest absolute Gasteiger partial charge is 0.355 e. The molecule has 1 amide bonds. The van der Waals surface area contributed by atoms with Gasteiger partial charge >= 0.3 is 0 Å². The molecule has 18 heavy (non-hydrogen) atoms. The molecule has 1 aromatic heterocycles. The van der Waals surface area contributed by atoms with Crippen molar-refractivity contribution in [2.24, 2.45) is 5.92 Å². The second kappa shape index (κ2) is 6.85. The summed E-state index contributed by atoms with van der Waals surface area (Å²) in [6, 6.07) is 0.168. The third-order valence-electron chi connectivity index (χ3n) is 2.61. The molecule has 1 heterocycles. The molecule has 0 saturated carbocycles. The Hall–Kier alpha value is -0.940. The van der Waals surface area contributed by atoms with Gasteiger partial charge in [0.1, 0.15) is 0 Å². The molecule has 4 nitrogen and oxygen atoms in total. The highest BCUT2D eigenvalue weighted by molar-refractivity contribution is 7.11. The smallest absolute Gasteiger partial charge is 0.233 e. The zero-order chi connectivity index (χ0) is 13.7. The zero-order valence-corrected chi connectivity index (χ0v) is 12.6. The van der Waals surface area contributed by atoms with Gasteiger partial charge in [-0.25, -0.2) is 4.98 Å². The average molecular weight is 269 g/mol. The van der Waals surface area contributed by atoms with Crippen molar-refractivity contribution < 1.29 is 4.79 Å². The molecule has 0 aromatic carbocycles. The zero-order valence-electron chi connectivity index (χ0n) is 11.8. The summed E-state index contributed by atoms with van der Waals surface area (Å²) in [5.74, 6) is 0.534. The van der Waals surface area contributed by atoms with E-state index in [2.05, 4.69) is 36.4 Å². The van der Waals surface area contributed by atoms with Gasteiger partial charge in [-0.2, -0.15) is 0 Å². The number of amides is 1. The van der Waals surface area contributed by atoms with Crippen molar-refractivity contribution in [1.29, 1.82) is 0 Å². The molecule has 1 unspecified atom stereocenters. The van der Waals surface area contributed by atoms with Crippen LogP contribution in [-0.2, 0) is 4.79 Å². The van der Waals surface area contributed by atoms with Gasteiger partial charge in [-0.05, 0) is 26.7 Å². The fraction of sp³-hybridized carbons (Fsp3) is 0.692. The summed E-state index contributed by atoms with van der Waals surface area (Å²) in [4.78, 5) is 17.2. The molecule has 0 aliphatic rings. The molecule has 0 aliphatic heterocycles. The molecular formula is C13H23N3OS. The van der Waals surface area contributed by atoms with E-state index in [-0.39, 0.29) is 11.9 Å². The van der Waals surface area contributed by atoms with E-state index in [9.17, 15) is 4.79 Å². The number of hydrogen-bond acceptors (Lipinski definition) is 4. The van der Waals surface area contributed by atoms with Crippen molar-refractivity contribution in [3.63, 3.8) is 0 Å². The second-order valence-corrected chi connectivity index (χ2v) is 6.22. The van der Waals surface area contributed by atoms with Crippen LogP contribution in [0, 0.1) is 19.8 Å². The van der Waals surface area contributed by atoms with Crippen LogP contribution in [0.25, 0.3) is 0 Å². The van der Waals surface area contributed by atoms with E-state index >= 15 is 0 Å². The Morgan fingerprint density at radius 3 is 2.50 bits per heavy atom. The quantitative estimate of drug-likeness (QED) is 0.832. The SMILES string of the molecule is Cc1nc(C)c(C(C)NCC(=O)NCC(C)C)s1. The van der Waals surface area contributed by atoms with E-state index < -0.39 is 0 Å². The molecule has 1 aromatic rings. The predicted molar refractivity (Wildman–Crippen MR) is 75.9 cm³/mol. The second-order valence-electron chi connectivity index (χ2n) is 4.98. The maximum Gasteiger partial charge on any atom is 0.233 e. The van der Waals surface area contributed by atoms with Gasteiger partial charge in [0.15, 0.2) is 0 Å². The first-order valence-electron chi connectivity index (χ1n) is 6.34. The van der Waals surface area contributed by atoms with E-state index in [0.717, 1.165) is 17.2 Å². The number of aromatic nitrogens is 1. The van der Waals surface area contributed by atoms with E-state index in [4.69, 9.17) is 0 Å². The summed E-state index contributed by atoms with van der Waals surface area (Å²) < 4.78 is 0. The van der Waals surface area contributed by atoms with E-state index in [1.54, 1.807) is 11.3 Å². The van der Waals surface area contributed by atoms with Crippen LogP contribution in [0.1, 0.15) is 42.4 Å². The molecule has 0 bridgehead atoms. The van der Waals surface area contributed by atoms with Crippen LogP contribution in [0.3, 0.4) is 0 Å². The fourth-order valence-electron chi connectivity index (χ4n) is 1.67. The highest BCUT2D eigenvalue weighted by Crippen LogP contribution is 2.23.